The maximum atomic E-state index is 12.4. The number of hydrogen-bond donors (Lipinski definition) is 2. The quantitative estimate of drug-likeness (QED) is 0.262. The van der Waals surface area contributed by atoms with Gasteiger partial charge in [0, 0.05) is 27.8 Å². The van der Waals surface area contributed by atoms with Crippen molar-refractivity contribution in [3.05, 3.63) is 94.9 Å². The fraction of sp³-hybridized carbons (Fsp3) is 0.0769. The molecule has 0 saturated carbocycles. The van der Waals surface area contributed by atoms with Crippen molar-refractivity contribution in [3.63, 3.8) is 0 Å². The van der Waals surface area contributed by atoms with Gasteiger partial charge in [0.1, 0.15) is 11.8 Å². The van der Waals surface area contributed by atoms with E-state index in [1.165, 1.54) is 23.1 Å². The summed E-state index contributed by atoms with van der Waals surface area (Å²) in [5, 5.41) is 18.8. The molecule has 0 aliphatic carbocycles. The number of hydrogen-bond acceptors (Lipinski definition) is 7. The monoisotopic (exact) mass is 467 g/mol. The fourth-order valence-corrected chi connectivity index (χ4v) is 3.81. The van der Waals surface area contributed by atoms with E-state index in [1.807, 2.05) is 53.9 Å². The Labute approximate surface area is 201 Å². The molecule has 1 heterocycles. The third kappa shape index (κ3) is 5.85. The van der Waals surface area contributed by atoms with Gasteiger partial charge in [-0.3, -0.25) is 4.79 Å². The molecule has 1 aromatic heterocycles. The molecule has 1 amide bonds. The molecule has 0 saturated heterocycles. The molecular formula is C26H21N5O2S. The molecule has 4 aromatic rings. The minimum Gasteiger partial charge on any atom is -0.478 e. The molecule has 0 aliphatic heterocycles. The number of carbonyl (C=O) groups is 1. The Bertz CT molecular complexity index is 1340. The standard InChI is InChI=1S/C26H21N5O2S/c1-18-6-12-22(13-7-18)29-26-30-23(17-34-26)19-8-10-20(11-9-19)25(32)31-28-16-21-4-2-3-5-24(21)33-15-14-27/h2-13,16-17H,15H2,1H3,(H,29,30)(H,31,32)/b28-16-. The Morgan fingerprint density at radius 3 is 2.65 bits per heavy atom. The Morgan fingerprint density at radius 1 is 1.12 bits per heavy atom. The summed E-state index contributed by atoms with van der Waals surface area (Å²) in [6.07, 6.45) is 1.48. The van der Waals surface area contributed by atoms with Crippen LogP contribution < -0.4 is 15.5 Å². The Kier molecular flexibility index (Phi) is 7.28. The van der Waals surface area contributed by atoms with Crippen molar-refractivity contribution >= 4 is 34.3 Å². The molecule has 0 atom stereocenters. The largest absolute Gasteiger partial charge is 0.478 e. The smallest absolute Gasteiger partial charge is 0.271 e. The minimum absolute atomic E-state index is 0.0634. The lowest BCUT2D eigenvalue weighted by atomic mass is 10.1. The molecule has 3 aromatic carbocycles. The summed E-state index contributed by atoms with van der Waals surface area (Å²) < 4.78 is 5.35. The lowest BCUT2D eigenvalue weighted by molar-refractivity contribution is 0.0955. The summed E-state index contributed by atoms with van der Waals surface area (Å²) in [6.45, 7) is 1.99. The van der Waals surface area contributed by atoms with E-state index in [-0.39, 0.29) is 12.5 Å². The van der Waals surface area contributed by atoms with Gasteiger partial charge in [0.2, 0.25) is 0 Å². The van der Waals surface area contributed by atoms with Crippen LogP contribution in [-0.4, -0.2) is 23.7 Å². The first-order valence-electron chi connectivity index (χ1n) is 10.4. The number of benzene rings is 3. The lowest BCUT2D eigenvalue weighted by Crippen LogP contribution is -2.17. The van der Waals surface area contributed by atoms with Crippen LogP contribution in [0.3, 0.4) is 0 Å². The van der Waals surface area contributed by atoms with Crippen molar-refractivity contribution < 1.29 is 9.53 Å². The molecule has 7 nitrogen and oxygen atoms in total. The van der Waals surface area contributed by atoms with Gasteiger partial charge in [0.05, 0.1) is 11.9 Å². The summed E-state index contributed by atoms with van der Waals surface area (Å²) in [5.41, 5.74) is 7.58. The van der Waals surface area contributed by atoms with Crippen molar-refractivity contribution in [2.75, 3.05) is 11.9 Å². The minimum atomic E-state index is -0.335. The van der Waals surface area contributed by atoms with Gasteiger partial charge < -0.3 is 10.1 Å². The second kappa shape index (κ2) is 10.9. The first kappa shape index (κ1) is 22.7. The normalized spacial score (nSPS) is 10.6. The van der Waals surface area contributed by atoms with Crippen molar-refractivity contribution in [3.8, 4) is 23.1 Å². The van der Waals surface area contributed by atoms with Crippen LogP contribution in [0.4, 0.5) is 10.8 Å². The number of amides is 1. The highest BCUT2D eigenvalue weighted by molar-refractivity contribution is 7.14. The molecule has 0 fully saturated rings. The second-order valence-corrected chi connectivity index (χ2v) is 8.15. The van der Waals surface area contributed by atoms with Gasteiger partial charge in [-0.05, 0) is 43.3 Å². The average Bonchev–Trinajstić information content (AvgIpc) is 3.33. The van der Waals surface area contributed by atoms with E-state index in [0.717, 1.165) is 22.1 Å². The summed E-state index contributed by atoms with van der Waals surface area (Å²) in [4.78, 5) is 17.1. The number of nitrogens with one attached hydrogen (secondary N) is 2. The van der Waals surface area contributed by atoms with E-state index >= 15 is 0 Å². The van der Waals surface area contributed by atoms with Crippen LogP contribution in [0.15, 0.2) is 83.3 Å². The summed E-state index contributed by atoms with van der Waals surface area (Å²) in [6, 6.07) is 24.4. The van der Waals surface area contributed by atoms with Crippen molar-refractivity contribution in [1.82, 2.24) is 10.4 Å². The van der Waals surface area contributed by atoms with E-state index in [1.54, 1.807) is 30.3 Å². The molecule has 0 radical (unpaired) electrons. The fourth-order valence-electron chi connectivity index (χ4n) is 3.07. The van der Waals surface area contributed by atoms with Gasteiger partial charge >= 0.3 is 0 Å². The Balaban J connectivity index is 1.37. The summed E-state index contributed by atoms with van der Waals surface area (Å²) >= 11 is 1.52. The number of ether oxygens (including phenoxy) is 1. The SMILES string of the molecule is Cc1ccc(Nc2nc(-c3ccc(C(=O)N/N=C\c4ccccc4OCC#N)cc3)cs2)cc1. The number of hydrazone groups is 1. The number of rotatable bonds is 8. The molecule has 2 N–H and O–H groups in total. The number of aryl methyl sites for hydroxylation is 1. The highest BCUT2D eigenvalue weighted by Gasteiger charge is 2.08. The number of nitrogens with zero attached hydrogens (tertiary/aromatic N) is 3. The number of carbonyl (C=O) groups excluding carboxylic acids is 1. The number of nitriles is 1. The Hall–Kier alpha value is -4.48. The van der Waals surface area contributed by atoms with Crippen LogP contribution >= 0.6 is 11.3 Å². The lowest BCUT2D eigenvalue weighted by Gasteiger charge is -2.05. The van der Waals surface area contributed by atoms with Gasteiger partial charge in [0.25, 0.3) is 5.91 Å². The third-order valence-electron chi connectivity index (χ3n) is 4.83. The van der Waals surface area contributed by atoms with Crippen LogP contribution in [0.5, 0.6) is 5.75 Å². The molecule has 0 aliphatic rings. The maximum Gasteiger partial charge on any atom is 0.271 e. The molecule has 0 spiro atoms. The predicted octanol–water partition coefficient (Wildman–Crippen LogP) is 5.53. The van der Waals surface area contributed by atoms with E-state index in [9.17, 15) is 4.79 Å². The van der Waals surface area contributed by atoms with E-state index < -0.39 is 0 Å². The number of thiazole rings is 1. The number of para-hydroxylation sites is 1. The van der Waals surface area contributed by atoms with Gasteiger partial charge in [-0.2, -0.15) is 10.4 Å². The van der Waals surface area contributed by atoms with E-state index in [0.29, 0.717) is 16.9 Å². The van der Waals surface area contributed by atoms with Gasteiger partial charge in [-0.25, -0.2) is 10.4 Å². The maximum absolute atomic E-state index is 12.4. The van der Waals surface area contributed by atoms with Crippen molar-refractivity contribution in [2.45, 2.75) is 6.92 Å². The highest BCUT2D eigenvalue weighted by Crippen LogP contribution is 2.27. The molecule has 8 heteroatoms. The molecule has 34 heavy (non-hydrogen) atoms. The zero-order valence-corrected chi connectivity index (χ0v) is 19.2. The topological polar surface area (TPSA) is 99.4 Å². The van der Waals surface area contributed by atoms with Crippen LogP contribution in [0.25, 0.3) is 11.3 Å². The first-order chi connectivity index (χ1) is 16.6. The van der Waals surface area contributed by atoms with E-state index in [2.05, 4.69) is 27.8 Å². The van der Waals surface area contributed by atoms with Crippen LogP contribution in [-0.2, 0) is 0 Å². The van der Waals surface area contributed by atoms with Crippen LogP contribution in [0, 0.1) is 18.3 Å². The van der Waals surface area contributed by atoms with Gasteiger partial charge in [0.15, 0.2) is 11.7 Å². The van der Waals surface area contributed by atoms with Crippen LogP contribution in [0.1, 0.15) is 21.5 Å². The zero-order valence-electron chi connectivity index (χ0n) is 18.4. The molecule has 0 unspecified atom stereocenters. The van der Waals surface area contributed by atoms with Gasteiger partial charge in [-0.15, -0.1) is 11.3 Å². The molecular weight excluding hydrogens is 446 g/mol. The molecule has 168 valence electrons. The molecule has 0 bridgehead atoms. The van der Waals surface area contributed by atoms with Crippen molar-refractivity contribution in [2.24, 2.45) is 5.10 Å². The van der Waals surface area contributed by atoms with Crippen LogP contribution in [0.2, 0.25) is 0 Å². The van der Waals surface area contributed by atoms with Crippen molar-refractivity contribution in [1.29, 1.82) is 5.26 Å². The zero-order chi connectivity index (χ0) is 23.8. The third-order valence-corrected chi connectivity index (χ3v) is 5.59. The summed E-state index contributed by atoms with van der Waals surface area (Å²) in [7, 11) is 0. The number of anilines is 2. The predicted molar refractivity (Wildman–Crippen MR) is 135 cm³/mol. The first-order valence-corrected chi connectivity index (χ1v) is 11.3. The summed E-state index contributed by atoms with van der Waals surface area (Å²) in [5.74, 6) is 0.184. The Morgan fingerprint density at radius 2 is 1.88 bits per heavy atom. The van der Waals surface area contributed by atoms with Gasteiger partial charge in [-0.1, -0.05) is 42.0 Å². The molecule has 4 rings (SSSR count). The highest BCUT2D eigenvalue weighted by atomic mass is 32.1. The number of aromatic nitrogens is 1. The van der Waals surface area contributed by atoms with E-state index in [4.69, 9.17) is 10.00 Å². The average molecular weight is 468 g/mol. The second-order valence-electron chi connectivity index (χ2n) is 7.29.